The third kappa shape index (κ3) is 4.78. The first-order valence-electron chi connectivity index (χ1n) is 21.4. The average Bonchev–Trinajstić information content (AvgIpc) is 4.16. The van der Waals surface area contributed by atoms with E-state index in [-0.39, 0.29) is 0 Å². The lowest BCUT2D eigenvalue weighted by atomic mass is 10.1. The molecule has 5 aromatic heterocycles. The van der Waals surface area contributed by atoms with Gasteiger partial charge in [-0.05, 0) is 89.7 Å². The molecule has 0 aliphatic rings. The van der Waals surface area contributed by atoms with Gasteiger partial charge in [-0.15, -0.1) is 5.10 Å². The van der Waals surface area contributed by atoms with Crippen LogP contribution in [0, 0.1) is 0 Å². The number of nitrogens with zero attached hydrogens (tertiary/aromatic N) is 6. The Morgan fingerprint density at radius 1 is 0.317 bits per heavy atom. The van der Waals surface area contributed by atoms with Crippen LogP contribution in [0.15, 0.2) is 212 Å². The van der Waals surface area contributed by atoms with E-state index >= 15 is 0 Å². The maximum atomic E-state index is 5.51. The van der Waals surface area contributed by atoms with Gasteiger partial charge in [0.1, 0.15) is 0 Å². The Bertz CT molecular complexity index is 4050. The molecule has 0 aliphatic heterocycles. The molecule has 63 heavy (non-hydrogen) atoms. The Morgan fingerprint density at radius 2 is 0.667 bits per heavy atom. The highest BCUT2D eigenvalue weighted by molar-refractivity contribution is 6.13. The molecule has 0 atom stereocenters. The standard InChI is InChI=1S/C56H35N7/c1-2-16-36(17-3-1)55-57-56(61-51-28-14-8-22-43(51)45-34-37(30-32-52(45)61)59-47-24-10-4-18-39(47)40-19-5-11-25-48(40)59)58-63(55)62-53-29-15-9-23-44(53)46-35-38(31-33-54(46)62)60-49-26-12-6-20-41(49)42-21-7-13-27-50(42)60/h1-35H/p+1. The summed E-state index contributed by atoms with van der Waals surface area (Å²) in [6.07, 6.45) is 0. The molecule has 294 valence electrons. The summed E-state index contributed by atoms with van der Waals surface area (Å²) in [5.41, 5.74) is 12.3. The minimum absolute atomic E-state index is 0.720. The van der Waals surface area contributed by atoms with Crippen LogP contribution in [0.25, 0.3) is 116 Å². The highest BCUT2D eigenvalue weighted by Crippen LogP contribution is 2.38. The predicted octanol–water partition coefficient (Wildman–Crippen LogP) is 13.1. The number of rotatable bonds is 5. The molecule has 14 rings (SSSR count). The van der Waals surface area contributed by atoms with E-state index in [0.29, 0.717) is 0 Å². The lowest BCUT2D eigenvalue weighted by molar-refractivity contribution is -0.763. The molecular weight excluding hydrogens is 771 g/mol. The van der Waals surface area contributed by atoms with Gasteiger partial charge in [0, 0.05) is 59.4 Å². The lowest BCUT2D eigenvalue weighted by Gasteiger charge is -2.09. The Kier molecular flexibility index (Phi) is 6.98. The lowest BCUT2D eigenvalue weighted by Crippen LogP contribution is -2.45. The maximum absolute atomic E-state index is 5.51. The number of nitrogens with one attached hydrogen (secondary N) is 1. The summed E-state index contributed by atoms with van der Waals surface area (Å²) in [5.74, 6) is 1.52. The van der Waals surface area contributed by atoms with Crippen LogP contribution in [-0.4, -0.2) is 28.5 Å². The first kappa shape index (κ1) is 34.1. The van der Waals surface area contributed by atoms with Gasteiger partial charge in [-0.3, -0.25) is 4.57 Å². The zero-order valence-electron chi connectivity index (χ0n) is 33.9. The fraction of sp³-hybridized carbons (Fsp3) is 0. The number of fused-ring (bicyclic) bond motifs is 12. The number of hydrogen-bond acceptors (Lipinski definition) is 1. The summed E-state index contributed by atoms with van der Waals surface area (Å²) in [4.78, 5) is 7.64. The van der Waals surface area contributed by atoms with Crippen molar-refractivity contribution in [1.29, 1.82) is 0 Å². The molecule has 7 heteroatoms. The molecule has 14 aromatic rings. The molecule has 0 bridgehead atoms. The molecule has 9 aromatic carbocycles. The zero-order valence-corrected chi connectivity index (χ0v) is 33.9. The second kappa shape index (κ2) is 12.9. The molecule has 0 aliphatic carbocycles. The van der Waals surface area contributed by atoms with Gasteiger partial charge in [0.05, 0.1) is 49.7 Å². The van der Waals surface area contributed by atoms with Crippen LogP contribution >= 0.6 is 0 Å². The van der Waals surface area contributed by atoms with E-state index < -0.39 is 0 Å². The number of H-pyrrole nitrogens is 1. The van der Waals surface area contributed by atoms with Crippen molar-refractivity contribution in [1.82, 2.24) is 28.5 Å². The number of hydrogen-bond donors (Lipinski definition) is 1. The number of para-hydroxylation sites is 6. The Hall–Kier alpha value is -8.68. The van der Waals surface area contributed by atoms with Crippen LogP contribution in [-0.2, 0) is 0 Å². The van der Waals surface area contributed by atoms with Crippen LogP contribution in [0.4, 0.5) is 0 Å². The van der Waals surface area contributed by atoms with E-state index in [0.717, 1.165) is 72.3 Å². The van der Waals surface area contributed by atoms with Crippen molar-refractivity contribution in [2.24, 2.45) is 0 Å². The van der Waals surface area contributed by atoms with Crippen molar-refractivity contribution in [3.63, 3.8) is 0 Å². The number of aromatic amines is 1. The quantitative estimate of drug-likeness (QED) is 0.173. The van der Waals surface area contributed by atoms with E-state index in [1.165, 1.54) is 43.6 Å². The summed E-state index contributed by atoms with van der Waals surface area (Å²) in [6.45, 7) is 0. The van der Waals surface area contributed by atoms with Crippen LogP contribution in [0.5, 0.6) is 0 Å². The van der Waals surface area contributed by atoms with Crippen molar-refractivity contribution >= 4 is 87.2 Å². The van der Waals surface area contributed by atoms with Crippen molar-refractivity contribution in [2.45, 2.75) is 0 Å². The number of benzene rings is 9. The van der Waals surface area contributed by atoms with Gasteiger partial charge in [0.2, 0.25) is 0 Å². The summed E-state index contributed by atoms with van der Waals surface area (Å²) in [6, 6.07) is 76.2. The second-order valence-corrected chi connectivity index (χ2v) is 16.4. The Labute approximate surface area is 360 Å². The highest BCUT2D eigenvalue weighted by atomic mass is 15.6. The summed E-state index contributed by atoms with van der Waals surface area (Å²) in [5, 5.41) is 13.5. The summed E-state index contributed by atoms with van der Waals surface area (Å²) in [7, 11) is 0. The van der Waals surface area contributed by atoms with Gasteiger partial charge in [0.25, 0.3) is 0 Å². The molecule has 0 fully saturated rings. The SMILES string of the molecule is c1ccc(-c2nc(-n3c4ccccc4c4cc(-n5c6ccccc6c6ccccc65)ccc43)[nH][n+]2-n2c3ccccc3c3cc(-n4c5ccccc5c5ccccc54)ccc32)cc1. The number of aromatic nitrogens is 7. The molecule has 0 amide bonds. The minimum atomic E-state index is 0.720. The highest BCUT2D eigenvalue weighted by Gasteiger charge is 2.30. The minimum Gasteiger partial charge on any atom is -0.309 e. The van der Waals surface area contributed by atoms with Crippen molar-refractivity contribution in [2.75, 3.05) is 0 Å². The largest absolute Gasteiger partial charge is 0.378 e. The molecule has 5 heterocycles. The predicted molar refractivity (Wildman–Crippen MR) is 257 cm³/mol. The van der Waals surface area contributed by atoms with Crippen LogP contribution in [0.3, 0.4) is 0 Å². The third-order valence-corrected chi connectivity index (χ3v) is 13.0. The van der Waals surface area contributed by atoms with Crippen LogP contribution < -0.4 is 4.79 Å². The fourth-order valence-electron chi connectivity index (χ4n) is 10.4. The first-order valence-corrected chi connectivity index (χ1v) is 21.4. The maximum Gasteiger partial charge on any atom is 0.378 e. The van der Waals surface area contributed by atoms with Gasteiger partial charge in [-0.1, -0.05) is 127 Å². The Morgan fingerprint density at radius 3 is 1.17 bits per heavy atom. The molecule has 0 radical (unpaired) electrons. The van der Waals surface area contributed by atoms with E-state index in [4.69, 9.17) is 4.98 Å². The van der Waals surface area contributed by atoms with Crippen molar-refractivity contribution in [3.05, 3.63) is 212 Å². The molecular formula is C56H36N7+. The van der Waals surface area contributed by atoms with Gasteiger partial charge in [-0.25, -0.2) is 0 Å². The fourth-order valence-corrected chi connectivity index (χ4v) is 10.4. The van der Waals surface area contributed by atoms with Gasteiger partial charge >= 0.3 is 11.8 Å². The van der Waals surface area contributed by atoms with E-state index in [1.54, 1.807) is 0 Å². The molecule has 0 saturated heterocycles. The van der Waals surface area contributed by atoms with Crippen LogP contribution in [0.1, 0.15) is 0 Å². The van der Waals surface area contributed by atoms with Crippen molar-refractivity contribution < 1.29 is 4.79 Å². The monoisotopic (exact) mass is 806 g/mol. The van der Waals surface area contributed by atoms with E-state index in [9.17, 15) is 0 Å². The first-order chi connectivity index (χ1) is 31.3. The summed E-state index contributed by atoms with van der Waals surface area (Å²) >= 11 is 0. The van der Waals surface area contributed by atoms with E-state index in [2.05, 4.69) is 241 Å². The Balaban J connectivity index is 1.01. The normalized spacial score (nSPS) is 12.1. The van der Waals surface area contributed by atoms with Gasteiger partial charge in [0.15, 0.2) is 0 Å². The molecule has 1 N–H and O–H groups in total. The molecule has 0 unspecified atom stereocenters. The van der Waals surface area contributed by atoms with Crippen LogP contribution in [0.2, 0.25) is 0 Å². The topological polar surface area (TPSA) is 52.3 Å². The second-order valence-electron chi connectivity index (χ2n) is 16.4. The smallest absolute Gasteiger partial charge is 0.309 e. The molecule has 7 nitrogen and oxygen atoms in total. The average molecular weight is 807 g/mol. The molecule has 0 saturated carbocycles. The van der Waals surface area contributed by atoms with E-state index in [1.807, 2.05) is 0 Å². The summed E-state index contributed by atoms with van der Waals surface area (Å²) < 4.78 is 9.34. The zero-order chi connectivity index (χ0) is 41.2. The third-order valence-electron chi connectivity index (χ3n) is 13.0. The van der Waals surface area contributed by atoms with Gasteiger partial charge < -0.3 is 9.13 Å². The molecule has 0 spiro atoms. The van der Waals surface area contributed by atoms with Crippen molar-refractivity contribution in [3.8, 4) is 28.7 Å². The van der Waals surface area contributed by atoms with Gasteiger partial charge in [-0.2, -0.15) is 4.68 Å².